The topological polar surface area (TPSA) is 103 Å². The zero-order valence-corrected chi connectivity index (χ0v) is 12.1. The van der Waals surface area contributed by atoms with Crippen LogP contribution in [0.15, 0.2) is 24.3 Å². The van der Waals surface area contributed by atoms with Gasteiger partial charge in [-0.25, -0.2) is 5.84 Å². The number of hydrogen-bond acceptors (Lipinski definition) is 6. The lowest BCUT2D eigenvalue weighted by molar-refractivity contribution is -0.386. The second-order valence-electron chi connectivity index (χ2n) is 4.39. The van der Waals surface area contributed by atoms with Crippen LogP contribution in [0.3, 0.4) is 0 Å². The summed E-state index contributed by atoms with van der Waals surface area (Å²) in [6.07, 6.45) is 0. The molecule has 0 aliphatic carbocycles. The number of nitrogens with two attached hydrogens (primary N) is 1. The number of benzene rings is 1. The Hall–Kier alpha value is -2.38. The maximum atomic E-state index is 11.0. The van der Waals surface area contributed by atoms with Gasteiger partial charge in [-0.1, -0.05) is 11.6 Å². The number of pyridine rings is 1. The Morgan fingerprint density at radius 1 is 1.33 bits per heavy atom. The van der Waals surface area contributed by atoms with E-state index < -0.39 is 4.92 Å². The number of nitrogens with zero attached hydrogens (tertiary/aromatic N) is 2. The Morgan fingerprint density at radius 2 is 1.95 bits per heavy atom. The molecule has 21 heavy (non-hydrogen) atoms. The van der Waals surface area contributed by atoms with Crippen LogP contribution < -0.4 is 16.0 Å². The van der Waals surface area contributed by atoms with Gasteiger partial charge in [0.05, 0.1) is 4.92 Å². The standard InChI is InChI=1S/C13H13ClN4O3/c1-7-5-9(14)6-8(2)12(7)21-13-10(18(19)20)3-4-11(16-13)17-15/h3-6H,15H2,1-2H3,(H,16,17). The van der Waals surface area contributed by atoms with Crippen LogP contribution in [0.2, 0.25) is 5.02 Å². The molecule has 0 saturated carbocycles. The van der Waals surface area contributed by atoms with E-state index in [1.807, 2.05) is 0 Å². The van der Waals surface area contributed by atoms with Crippen molar-refractivity contribution in [3.8, 4) is 11.6 Å². The largest absolute Gasteiger partial charge is 0.433 e. The summed E-state index contributed by atoms with van der Waals surface area (Å²) >= 11 is 5.95. The molecular weight excluding hydrogens is 296 g/mol. The fraction of sp³-hybridized carbons (Fsp3) is 0.154. The summed E-state index contributed by atoms with van der Waals surface area (Å²) in [7, 11) is 0. The Labute approximate surface area is 125 Å². The maximum absolute atomic E-state index is 11.0. The lowest BCUT2D eigenvalue weighted by atomic mass is 10.1. The van der Waals surface area contributed by atoms with Crippen LogP contribution >= 0.6 is 11.6 Å². The van der Waals surface area contributed by atoms with Crippen molar-refractivity contribution in [1.29, 1.82) is 0 Å². The summed E-state index contributed by atoms with van der Waals surface area (Å²) in [6, 6.07) is 6.09. The van der Waals surface area contributed by atoms with E-state index >= 15 is 0 Å². The first-order chi connectivity index (χ1) is 9.92. The highest BCUT2D eigenvalue weighted by molar-refractivity contribution is 6.30. The number of rotatable bonds is 4. The highest BCUT2D eigenvalue weighted by Gasteiger charge is 2.20. The van der Waals surface area contributed by atoms with Crippen LogP contribution in [0.5, 0.6) is 11.6 Å². The molecule has 110 valence electrons. The molecule has 0 fully saturated rings. The van der Waals surface area contributed by atoms with Crippen LogP contribution in [-0.4, -0.2) is 9.91 Å². The minimum Gasteiger partial charge on any atom is -0.433 e. The van der Waals surface area contributed by atoms with Gasteiger partial charge in [0.1, 0.15) is 11.6 Å². The van der Waals surface area contributed by atoms with Crippen molar-refractivity contribution in [1.82, 2.24) is 4.98 Å². The van der Waals surface area contributed by atoms with Crippen molar-refractivity contribution in [2.24, 2.45) is 5.84 Å². The smallest absolute Gasteiger partial charge is 0.331 e. The quantitative estimate of drug-likeness (QED) is 0.510. The van der Waals surface area contributed by atoms with E-state index in [1.165, 1.54) is 12.1 Å². The zero-order valence-electron chi connectivity index (χ0n) is 11.4. The Bertz CT molecular complexity index is 683. The summed E-state index contributed by atoms with van der Waals surface area (Å²) in [5.41, 5.74) is 3.58. The van der Waals surface area contributed by atoms with Crippen molar-refractivity contribution in [3.05, 3.63) is 50.5 Å². The molecule has 3 N–H and O–H groups in total. The summed E-state index contributed by atoms with van der Waals surface area (Å²) in [5.74, 6) is 5.87. The van der Waals surface area contributed by atoms with Gasteiger partial charge in [0.25, 0.3) is 0 Å². The van der Waals surface area contributed by atoms with Gasteiger partial charge in [0.2, 0.25) is 0 Å². The predicted molar refractivity (Wildman–Crippen MR) is 79.7 cm³/mol. The molecule has 7 nitrogen and oxygen atoms in total. The van der Waals surface area contributed by atoms with Crippen LogP contribution in [0.1, 0.15) is 11.1 Å². The SMILES string of the molecule is Cc1cc(Cl)cc(C)c1Oc1nc(NN)ccc1[N+](=O)[O-]. The highest BCUT2D eigenvalue weighted by Crippen LogP contribution is 2.35. The number of aryl methyl sites for hydroxylation is 2. The van der Waals surface area contributed by atoms with Gasteiger partial charge in [-0.05, 0) is 43.2 Å². The van der Waals surface area contributed by atoms with E-state index in [-0.39, 0.29) is 17.4 Å². The molecule has 2 aromatic rings. The first-order valence-corrected chi connectivity index (χ1v) is 6.37. The molecule has 0 amide bonds. The lowest BCUT2D eigenvalue weighted by Crippen LogP contribution is -2.09. The number of hydrogen-bond donors (Lipinski definition) is 2. The number of aromatic nitrogens is 1. The molecule has 0 aliphatic heterocycles. The third-order valence-electron chi connectivity index (χ3n) is 2.81. The fourth-order valence-corrected chi connectivity index (χ4v) is 2.21. The third-order valence-corrected chi connectivity index (χ3v) is 3.03. The van der Waals surface area contributed by atoms with Crippen molar-refractivity contribution in [2.45, 2.75) is 13.8 Å². The Kier molecular flexibility index (Phi) is 4.25. The summed E-state index contributed by atoms with van der Waals surface area (Å²) in [6.45, 7) is 3.59. The van der Waals surface area contributed by atoms with E-state index in [0.29, 0.717) is 10.8 Å². The summed E-state index contributed by atoms with van der Waals surface area (Å²) < 4.78 is 5.62. The van der Waals surface area contributed by atoms with E-state index in [9.17, 15) is 10.1 Å². The first-order valence-electron chi connectivity index (χ1n) is 5.99. The molecule has 0 unspecified atom stereocenters. The Morgan fingerprint density at radius 3 is 2.48 bits per heavy atom. The summed E-state index contributed by atoms with van der Waals surface area (Å²) in [4.78, 5) is 14.5. The maximum Gasteiger partial charge on any atom is 0.331 e. The number of anilines is 1. The van der Waals surface area contributed by atoms with E-state index in [1.54, 1.807) is 26.0 Å². The van der Waals surface area contributed by atoms with Gasteiger partial charge in [-0.2, -0.15) is 4.98 Å². The van der Waals surface area contributed by atoms with Gasteiger partial charge in [-0.15, -0.1) is 0 Å². The third kappa shape index (κ3) is 3.21. The molecule has 0 atom stereocenters. The van der Waals surface area contributed by atoms with E-state index in [2.05, 4.69) is 10.4 Å². The number of halogens is 1. The molecule has 0 bridgehead atoms. The van der Waals surface area contributed by atoms with Crippen molar-refractivity contribution in [3.63, 3.8) is 0 Å². The fourth-order valence-electron chi connectivity index (χ4n) is 1.88. The summed E-state index contributed by atoms with van der Waals surface area (Å²) in [5, 5.41) is 11.6. The molecular formula is C13H13ClN4O3. The monoisotopic (exact) mass is 308 g/mol. The Balaban J connectivity index is 2.50. The van der Waals surface area contributed by atoms with Crippen LogP contribution in [0, 0.1) is 24.0 Å². The van der Waals surface area contributed by atoms with Crippen molar-refractivity contribution in [2.75, 3.05) is 5.43 Å². The van der Waals surface area contributed by atoms with Crippen molar-refractivity contribution < 1.29 is 9.66 Å². The van der Waals surface area contributed by atoms with Gasteiger partial charge < -0.3 is 10.2 Å². The first kappa shape index (κ1) is 15.0. The van der Waals surface area contributed by atoms with Crippen LogP contribution in [-0.2, 0) is 0 Å². The molecule has 1 aromatic heterocycles. The lowest BCUT2D eigenvalue weighted by Gasteiger charge is -2.12. The van der Waals surface area contributed by atoms with Crippen LogP contribution in [0.4, 0.5) is 11.5 Å². The average Bonchev–Trinajstić information content (AvgIpc) is 2.42. The normalized spacial score (nSPS) is 10.3. The molecule has 0 radical (unpaired) electrons. The van der Waals surface area contributed by atoms with Gasteiger partial charge in [0, 0.05) is 11.1 Å². The number of nitro groups is 1. The molecule has 1 heterocycles. The average molecular weight is 309 g/mol. The second kappa shape index (κ2) is 5.94. The van der Waals surface area contributed by atoms with E-state index in [4.69, 9.17) is 22.2 Å². The molecule has 0 spiro atoms. The van der Waals surface area contributed by atoms with Crippen LogP contribution in [0.25, 0.3) is 0 Å². The zero-order chi connectivity index (χ0) is 15.6. The van der Waals surface area contributed by atoms with Gasteiger partial charge in [0.15, 0.2) is 0 Å². The second-order valence-corrected chi connectivity index (χ2v) is 4.83. The number of ether oxygens (including phenoxy) is 1. The molecule has 0 saturated heterocycles. The minimum absolute atomic E-state index is 0.135. The number of nitrogen functional groups attached to an aromatic ring is 1. The minimum atomic E-state index is -0.566. The van der Waals surface area contributed by atoms with Gasteiger partial charge in [-0.3, -0.25) is 10.1 Å². The molecule has 8 heteroatoms. The molecule has 0 aliphatic rings. The number of nitrogens with one attached hydrogen (secondary N) is 1. The highest BCUT2D eigenvalue weighted by atomic mass is 35.5. The van der Waals surface area contributed by atoms with E-state index in [0.717, 1.165) is 11.1 Å². The molecule has 1 aromatic carbocycles. The predicted octanol–water partition coefficient (Wildman–Crippen LogP) is 3.34. The van der Waals surface area contributed by atoms with Crippen molar-refractivity contribution >= 4 is 23.1 Å². The van der Waals surface area contributed by atoms with Gasteiger partial charge >= 0.3 is 11.6 Å². The number of hydrazine groups is 1. The molecule has 2 rings (SSSR count).